The van der Waals surface area contributed by atoms with Crippen LogP contribution >= 0.6 is 0 Å². The Balaban J connectivity index is 1.49. The van der Waals surface area contributed by atoms with Crippen molar-refractivity contribution in [2.45, 2.75) is 38.0 Å². The Morgan fingerprint density at radius 3 is 2.59 bits per heavy atom. The summed E-state index contributed by atoms with van der Waals surface area (Å²) in [5.41, 5.74) is 2.07. The van der Waals surface area contributed by atoms with E-state index in [1.165, 1.54) is 12.1 Å². The summed E-state index contributed by atoms with van der Waals surface area (Å²) in [6.07, 6.45) is 2.11. The average Bonchev–Trinajstić information content (AvgIpc) is 3.31. The number of likely N-dealkylation sites (tertiary alicyclic amines) is 1. The van der Waals surface area contributed by atoms with E-state index < -0.39 is 11.7 Å². The van der Waals surface area contributed by atoms with Crippen LogP contribution in [0.3, 0.4) is 0 Å². The Morgan fingerprint density at radius 1 is 1.10 bits per heavy atom. The van der Waals surface area contributed by atoms with E-state index in [4.69, 9.17) is 4.98 Å². The molecule has 1 fully saturated rings. The second-order valence-corrected chi connectivity index (χ2v) is 7.51. The van der Waals surface area contributed by atoms with Crippen LogP contribution in [0.1, 0.15) is 47.2 Å². The fraction of sp³-hybridized carbons (Fsp3) is 0.364. The maximum atomic E-state index is 12.7. The fourth-order valence-electron chi connectivity index (χ4n) is 3.88. The second-order valence-electron chi connectivity index (χ2n) is 7.51. The number of nitrogens with zero attached hydrogens (tertiary/aromatic N) is 4. The summed E-state index contributed by atoms with van der Waals surface area (Å²) in [6, 6.07) is 11.5. The third-order valence-electron chi connectivity index (χ3n) is 5.47. The zero-order chi connectivity index (χ0) is 20.4. The second kappa shape index (κ2) is 7.99. The summed E-state index contributed by atoms with van der Waals surface area (Å²) in [6.45, 7) is 1.78. The van der Waals surface area contributed by atoms with Crippen molar-refractivity contribution in [1.82, 2.24) is 19.4 Å². The first kappa shape index (κ1) is 19.6. The molecule has 3 aromatic rings. The van der Waals surface area contributed by atoms with Crippen molar-refractivity contribution in [3.05, 3.63) is 83.2 Å². The highest BCUT2D eigenvalue weighted by atomic mass is 19.4. The van der Waals surface area contributed by atoms with E-state index in [0.717, 1.165) is 60.8 Å². The fourth-order valence-corrected chi connectivity index (χ4v) is 3.88. The number of pyridine rings is 1. The van der Waals surface area contributed by atoms with E-state index in [2.05, 4.69) is 9.88 Å². The smallest absolute Gasteiger partial charge is 0.337 e. The Bertz CT molecular complexity index is 963. The van der Waals surface area contributed by atoms with E-state index in [9.17, 15) is 13.2 Å². The summed E-state index contributed by atoms with van der Waals surface area (Å²) in [7, 11) is 2.00. The van der Waals surface area contributed by atoms with Gasteiger partial charge in [0.15, 0.2) is 0 Å². The molecule has 4 rings (SSSR count). The molecule has 1 aromatic carbocycles. The maximum Gasteiger partial charge on any atom is 0.416 e. The summed E-state index contributed by atoms with van der Waals surface area (Å²) in [5, 5.41) is 0. The Labute approximate surface area is 168 Å². The van der Waals surface area contributed by atoms with Gasteiger partial charge in [0.1, 0.15) is 5.82 Å². The highest BCUT2D eigenvalue weighted by Gasteiger charge is 2.30. The van der Waals surface area contributed by atoms with Gasteiger partial charge in [0.05, 0.1) is 23.8 Å². The van der Waals surface area contributed by atoms with Gasteiger partial charge in [-0.3, -0.25) is 9.88 Å². The topological polar surface area (TPSA) is 34.0 Å². The van der Waals surface area contributed by atoms with E-state index in [1.54, 1.807) is 0 Å². The quantitative estimate of drug-likeness (QED) is 0.619. The molecule has 29 heavy (non-hydrogen) atoms. The van der Waals surface area contributed by atoms with Gasteiger partial charge in [-0.1, -0.05) is 18.2 Å². The van der Waals surface area contributed by atoms with Gasteiger partial charge in [0.2, 0.25) is 0 Å². The van der Waals surface area contributed by atoms with Gasteiger partial charge in [-0.25, -0.2) is 4.98 Å². The lowest BCUT2D eigenvalue weighted by Crippen LogP contribution is -2.25. The molecule has 4 nitrogen and oxygen atoms in total. The van der Waals surface area contributed by atoms with Gasteiger partial charge in [0, 0.05) is 31.6 Å². The zero-order valence-corrected chi connectivity index (χ0v) is 16.2. The monoisotopic (exact) mass is 400 g/mol. The third-order valence-corrected chi connectivity index (χ3v) is 5.47. The Kier molecular flexibility index (Phi) is 5.41. The van der Waals surface area contributed by atoms with Gasteiger partial charge in [0.25, 0.3) is 0 Å². The number of aryl methyl sites for hydroxylation is 1. The molecule has 1 aliphatic rings. The number of benzene rings is 1. The lowest BCUT2D eigenvalue weighted by molar-refractivity contribution is -0.137. The predicted octanol–water partition coefficient (Wildman–Crippen LogP) is 4.76. The number of rotatable bonds is 5. The van der Waals surface area contributed by atoms with Gasteiger partial charge in [-0.15, -0.1) is 0 Å². The largest absolute Gasteiger partial charge is 0.416 e. The number of aromatic nitrogens is 3. The van der Waals surface area contributed by atoms with Crippen LogP contribution < -0.4 is 0 Å². The molecular formula is C22H23F3N4. The minimum Gasteiger partial charge on any atom is -0.337 e. The van der Waals surface area contributed by atoms with E-state index in [1.807, 2.05) is 42.2 Å². The van der Waals surface area contributed by atoms with Gasteiger partial charge in [-0.2, -0.15) is 13.2 Å². The molecule has 2 aromatic heterocycles. The number of halogens is 3. The zero-order valence-electron chi connectivity index (χ0n) is 16.2. The minimum atomic E-state index is -4.31. The number of hydrogen-bond acceptors (Lipinski definition) is 3. The lowest BCUT2D eigenvalue weighted by Gasteiger charge is -2.24. The molecule has 7 heteroatoms. The van der Waals surface area contributed by atoms with Crippen molar-refractivity contribution in [3.8, 4) is 0 Å². The SMILES string of the molecule is Cn1ccnc1CN1CCC[C@@H]1c1cccc(Cc2ccc(C(F)(F)F)cc2)n1. The van der Waals surface area contributed by atoms with Crippen LogP contribution in [0.25, 0.3) is 0 Å². The molecule has 1 saturated heterocycles. The first-order chi connectivity index (χ1) is 13.9. The van der Waals surface area contributed by atoms with Gasteiger partial charge in [-0.05, 0) is 49.2 Å². The van der Waals surface area contributed by atoms with Gasteiger partial charge >= 0.3 is 6.18 Å². The van der Waals surface area contributed by atoms with Crippen molar-refractivity contribution in [2.24, 2.45) is 7.05 Å². The van der Waals surface area contributed by atoms with Crippen LogP contribution in [-0.4, -0.2) is 26.0 Å². The molecule has 0 spiro atoms. The summed E-state index contributed by atoms with van der Waals surface area (Å²) < 4.78 is 40.3. The number of alkyl halides is 3. The Hall–Kier alpha value is -2.67. The van der Waals surface area contributed by atoms with Crippen molar-refractivity contribution in [1.29, 1.82) is 0 Å². The molecule has 1 atom stereocenters. The third kappa shape index (κ3) is 4.50. The van der Waals surface area contributed by atoms with Crippen LogP contribution in [0.15, 0.2) is 54.9 Å². The van der Waals surface area contributed by atoms with Crippen molar-refractivity contribution < 1.29 is 13.2 Å². The normalized spacial score (nSPS) is 17.7. The first-order valence-corrected chi connectivity index (χ1v) is 9.72. The summed E-state index contributed by atoms with van der Waals surface area (Å²) >= 11 is 0. The number of hydrogen-bond donors (Lipinski definition) is 0. The summed E-state index contributed by atoms with van der Waals surface area (Å²) in [5.74, 6) is 1.03. The lowest BCUT2D eigenvalue weighted by atomic mass is 10.1. The van der Waals surface area contributed by atoms with E-state index in [0.29, 0.717) is 6.42 Å². The van der Waals surface area contributed by atoms with E-state index >= 15 is 0 Å². The Morgan fingerprint density at radius 2 is 1.90 bits per heavy atom. The highest BCUT2D eigenvalue weighted by molar-refractivity contribution is 5.28. The molecule has 152 valence electrons. The highest BCUT2D eigenvalue weighted by Crippen LogP contribution is 2.32. The van der Waals surface area contributed by atoms with Crippen LogP contribution in [0, 0.1) is 0 Å². The molecule has 3 heterocycles. The molecule has 1 aliphatic heterocycles. The van der Waals surface area contributed by atoms with Gasteiger partial charge < -0.3 is 4.57 Å². The number of imidazole rings is 1. The molecule has 0 unspecified atom stereocenters. The molecule has 0 saturated carbocycles. The predicted molar refractivity (Wildman–Crippen MR) is 104 cm³/mol. The van der Waals surface area contributed by atoms with Crippen LogP contribution in [0.5, 0.6) is 0 Å². The molecule has 0 bridgehead atoms. The average molecular weight is 400 g/mol. The van der Waals surface area contributed by atoms with Crippen molar-refractivity contribution >= 4 is 0 Å². The summed E-state index contributed by atoms with van der Waals surface area (Å²) in [4.78, 5) is 11.7. The molecular weight excluding hydrogens is 377 g/mol. The first-order valence-electron chi connectivity index (χ1n) is 9.72. The minimum absolute atomic E-state index is 0.235. The molecule has 0 radical (unpaired) electrons. The molecule has 0 N–H and O–H groups in total. The maximum absolute atomic E-state index is 12.7. The van der Waals surface area contributed by atoms with Crippen LogP contribution in [-0.2, 0) is 26.2 Å². The molecule has 0 amide bonds. The van der Waals surface area contributed by atoms with E-state index in [-0.39, 0.29) is 6.04 Å². The van der Waals surface area contributed by atoms with Crippen LogP contribution in [0.2, 0.25) is 0 Å². The van der Waals surface area contributed by atoms with Crippen molar-refractivity contribution in [2.75, 3.05) is 6.54 Å². The standard InChI is InChI=1S/C22H23F3N4/c1-28-13-11-26-21(28)15-29-12-3-6-20(29)19-5-2-4-18(27-19)14-16-7-9-17(10-8-16)22(23,24)25/h2,4-5,7-11,13,20H,3,6,12,14-15H2,1H3/t20-/m1/s1. The van der Waals surface area contributed by atoms with Crippen molar-refractivity contribution in [3.63, 3.8) is 0 Å². The van der Waals surface area contributed by atoms with Crippen LogP contribution in [0.4, 0.5) is 13.2 Å². The molecule has 0 aliphatic carbocycles.